The summed E-state index contributed by atoms with van der Waals surface area (Å²) in [5, 5.41) is 0. The molecule has 8 heteroatoms. The van der Waals surface area contributed by atoms with Gasteiger partial charge in [0.1, 0.15) is 0 Å². The average molecular weight is 285 g/mol. The molecule has 0 radical (unpaired) electrons. The van der Waals surface area contributed by atoms with E-state index in [4.69, 9.17) is 13.3 Å². The molecular weight excluding hydrogens is 260 g/mol. The van der Waals surface area contributed by atoms with Gasteiger partial charge in [0, 0.05) is 9.76 Å². The van der Waals surface area contributed by atoms with Crippen LogP contribution in [0.3, 0.4) is 0 Å². The largest absolute Gasteiger partial charge is 0.438 e. The fourth-order valence-electron chi connectivity index (χ4n) is 0.890. The van der Waals surface area contributed by atoms with Crippen molar-refractivity contribution >= 4 is 43.8 Å². The van der Waals surface area contributed by atoms with Crippen molar-refractivity contribution in [1.82, 2.24) is 0 Å². The fourth-order valence-corrected chi connectivity index (χ4v) is 9.38. The van der Waals surface area contributed by atoms with Crippen molar-refractivity contribution in [2.45, 2.75) is 39.3 Å². The van der Waals surface area contributed by atoms with Crippen molar-refractivity contribution < 1.29 is 13.3 Å². The lowest BCUT2D eigenvalue weighted by molar-refractivity contribution is -0.125. The topological polar surface area (TPSA) is 27.7 Å². The molecule has 1 unspecified atom stereocenters. The van der Waals surface area contributed by atoms with E-state index in [1.165, 1.54) is 9.76 Å². The molecule has 0 amide bonds. The molecular formula is C6H24O3Si5. The zero-order chi connectivity index (χ0) is 11.4. The standard InChI is InChI=1S/C6H24O3Si5/c1-11(2)9-14(5,6)8-7-13(10)12(3)4/h11-13H,1-6,10H3. The van der Waals surface area contributed by atoms with Crippen molar-refractivity contribution in [2.24, 2.45) is 0 Å². The minimum absolute atomic E-state index is 0.558. The van der Waals surface area contributed by atoms with Crippen molar-refractivity contribution in [1.29, 1.82) is 0 Å². The van der Waals surface area contributed by atoms with Crippen LogP contribution in [0.15, 0.2) is 0 Å². The van der Waals surface area contributed by atoms with Gasteiger partial charge < -0.3 is 8.69 Å². The van der Waals surface area contributed by atoms with E-state index in [1.807, 2.05) is 0 Å². The third-order valence-corrected chi connectivity index (χ3v) is 27.5. The van der Waals surface area contributed by atoms with E-state index in [0.717, 1.165) is 0 Å². The first-order chi connectivity index (χ1) is 6.24. The molecule has 0 bridgehead atoms. The summed E-state index contributed by atoms with van der Waals surface area (Å²) in [4.78, 5) is 0. The van der Waals surface area contributed by atoms with Crippen LogP contribution >= 0.6 is 0 Å². The van der Waals surface area contributed by atoms with Crippen LogP contribution in [-0.4, -0.2) is 43.8 Å². The predicted molar refractivity (Wildman–Crippen MR) is 75.6 cm³/mol. The molecule has 0 saturated heterocycles. The quantitative estimate of drug-likeness (QED) is 0.384. The second kappa shape index (κ2) is 6.53. The van der Waals surface area contributed by atoms with E-state index >= 15 is 0 Å². The molecule has 0 rings (SSSR count). The van der Waals surface area contributed by atoms with Gasteiger partial charge in [-0.05, 0) is 26.2 Å². The zero-order valence-corrected chi connectivity index (χ0v) is 16.9. The van der Waals surface area contributed by atoms with E-state index < -0.39 is 34.0 Å². The third kappa shape index (κ3) is 7.28. The maximum Gasteiger partial charge on any atom is 0.357 e. The molecule has 0 fully saturated rings. The highest BCUT2D eigenvalue weighted by Crippen LogP contribution is 2.09. The van der Waals surface area contributed by atoms with Crippen LogP contribution in [-0.2, 0) is 13.3 Å². The molecule has 0 aliphatic carbocycles. The highest BCUT2D eigenvalue weighted by atomic mass is 29.6. The van der Waals surface area contributed by atoms with Crippen LogP contribution in [0.2, 0.25) is 39.3 Å². The summed E-state index contributed by atoms with van der Waals surface area (Å²) in [5.74, 6) is 0. The summed E-state index contributed by atoms with van der Waals surface area (Å²) in [5.41, 5.74) is 0. The Morgan fingerprint density at radius 1 is 1.07 bits per heavy atom. The maximum atomic E-state index is 5.85. The highest BCUT2D eigenvalue weighted by Gasteiger charge is 2.29. The van der Waals surface area contributed by atoms with Gasteiger partial charge in [0.15, 0.2) is 17.1 Å². The molecule has 86 valence electrons. The minimum atomic E-state index is -1.96. The van der Waals surface area contributed by atoms with Gasteiger partial charge >= 0.3 is 8.56 Å². The average Bonchev–Trinajstić information content (AvgIpc) is 1.97. The van der Waals surface area contributed by atoms with Gasteiger partial charge in [-0.3, -0.25) is 4.58 Å². The van der Waals surface area contributed by atoms with E-state index in [2.05, 4.69) is 39.3 Å². The Hall–Kier alpha value is 0.964. The normalized spacial score (nSPS) is 15.4. The Morgan fingerprint density at radius 2 is 1.57 bits per heavy atom. The summed E-state index contributed by atoms with van der Waals surface area (Å²) >= 11 is 0. The molecule has 0 aromatic heterocycles. The molecule has 0 spiro atoms. The van der Waals surface area contributed by atoms with E-state index in [0.29, 0.717) is 0 Å². The number of hydrogen-bond donors (Lipinski definition) is 0. The van der Waals surface area contributed by atoms with Crippen LogP contribution in [0.25, 0.3) is 0 Å². The fraction of sp³-hybridized carbons (Fsp3) is 1.00. The molecule has 14 heavy (non-hydrogen) atoms. The van der Waals surface area contributed by atoms with Crippen LogP contribution in [0.1, 0.15) is 0 Å². The summed E-state index contributed by atoms with van der Waals surface area (Å²) < 4.78 is 17.0. The van der Waals surface area contributed by atoms with Crippen LogP contribution in [0.5, 0.6) is 0 Å². The summed E-state index contributed by atoms with van der Waals surface area (Å²) in [6.45, 7) is 13.2. The van der Waals surface area contributed by atoms with Crippen molar-refractivity contribution in [3.63, 3.8) is 0 Å². The first kappa shape index (κ1) is 15.0. The molecule has 0 saturated carbocycles. The Balaban J connectivity index is 3.86. The summed E-state index contributed by atoms with van der Waals surface area (Å²) in [6, 6.07) is 0. The zero-order valence-electron chi connectivity index (χ0n) is 10.5. The van der Waals surface area contributed by atoms with E-state index in [9.17, 15) is 0 Å². The smallest absolute Gasteiger partial charge is 0.357 e. The van der Waals surface area contributed by atoms with Gasteiger partial charge in [0.05, 0.1) is 8.31 Å². The lowest BCUT2D eigenvalue weighted by Crippen LogP contribution is -2.44. The number of hydrogen-bond acceptors (Lipinski definition) is 3. The number of rotatable bonds is 6. The molecule has 1 atom stereocenters. The molecule has 0 aromatic carbocycles. The Kier molecular flexibility index (Phi) is 6.98. The van der Waals surface area contributed by atoms with E-state index in [-0.39, 0.29) is 0 Å². The Labute approximate surface area is 96.4 Å². The van der Waals surface area contributed by atoms with Crippen molar-refractivity contribution in [3.8, 4) is 0 Å². The monoisotopic (exact) mass is 284 g/mol. The van der Waals surface area contributed by atoms with Gasteiger partial charge in [0.25, 0.3) is 0 Å². The minimum Gasteiger partial charge on any atom is -0.438 e. The third-order valence-electron chi connectivity index (χ3n) is 1.86. The van der Waals surface area contributed by atoms with Gasteiger partial charge in [0.2, 0.25) is 0 Å². The lowest BCUT2D eigenvalue weighted by atomic mass is 11.9. The molecule has 3 nitrogen and oxygen atoms in total. The van der Waals surface area contributed by atoms with Crippen LogP contribution in [0.4, 0.5) is 0 Å². The molecule has 0 aliphatic rings. The van der Waals surface area contributed by atoms with Gasteiger partial charge in [-0.25, -0.2) is 0 Å². The lowest BCUT2D eigenvalue weighted by Gasteiger charge is -2.26. The predicted octanol–water partition coefficient (Wildman–Crippen LogP) is -0.213. The van der Waals surface area contributed by atoms with Crippen molar-refractivity contribution in [3.05, 3.63) is 0 Å². The van der Waals surface area contributed by atoms with Gasteiger partial charge in [-0.15, -0.1) is 0 Å². The maximum absolute atomic E-state index is 5.85. The second-order valence-corrected chi connectivity index (χ2v) is 29.0. The van der Waals surface area contributed by atoms with Gasteiger partial charge in [-0.2, -0.15) is 0 Å². The van der Waals surface area contributed by atoms with Crippen LogP contribution < -0.4 is 0 Å². The molecule has 0 aliphatic heterocycles. The highest BCUT2D eigenvalue weighted by molar-refractivity contribution is 7.38. The Bertz CT molecular complexity index is 164. The molecule has 0 heterocycles. The Morgan fingerprint density at radius 3 is 1.93 bits per heavy atom. The summed E-state index contributed by atoms with van der Waals surface area (Å²) in [7, 11) is -3.20. The second-order valence-electron chi connectivity index (χ2n) is 4.70. The van der Waals surface area contributed by atoms with Crippen molar-refractivity contribution in [2.75, 3.05) is 0 Å². The van der Waals surface area contributed by atoms with E-state index in [1.54, 1.807) is 0 Å². The summed E-state index contributed by atoms with van der Waals surface area (Å²) in [6.07, 6.45) is 0. The SMILES string of the molecule is C[SiH](C)O[Si](C)(C)OO[SiH]([SiH3])[SiH](C)C. The van der Waals surface area contributed by atoms with Crippen LogP contribution in [0, 0.1) is 0 Å². The molecule has 0 N–H and O–H groups in total. The first-order valence-corrected chi connectivity index (χ1v) is 20.9. The van der Waals surface area contributed by atoms with Gasteiger partial charge in [-0.1, -0.05) is 13.1 Å². The molecule has 0 aromatic rings. The first-order valence-electron chi connectivity index (χ1n) is 5.27.